The van der Waals surface area contributed by atoms with Crippen LogP contribution in [0.4, 0.5) is 0 Å². The van der Waals surface area contributed by atoms with Gasteiger partial charge in [0.25, 0.3) is 0 Å². The lowest BCUT2D eigenvalue weighted by Gasteiger charge is -2.33. The molecule has 0 radical (unpaired) electrons. The Kier molecular flexibility index (Phi) is 7.60. The number of nitrogens with zero attached hydrogens (tertiary/aromatic N) is 4. The molecule has 1 N–H and O–H groups in total. The third kappa shape index (κ3) is 6.83. The maximum atomic E-state index is 12.2. The van der Waals surface area contributed by atoms with Crippen LogP contribution < -0.4 is 10.1 Å². The van der Waals surface area contributed by atoms with Gasteiger partial charge in [-0.3, -0.25) is 14.6 Å². The molecule has 29 heavy (non-hydrogen) atoms. The van der Waals surface area contributed by atoms with E-state index >= 15 is 0 Å². The standard InChI is InChI=1S/C21H31N5O3/c1-16(2)21-23-20(29-24-21)15-26-10-8-25(9-11-26)14-19(27)22-7-12-28-18-6-4-5-17(3)13-18/h4-6,13,16H,7-12,14-15H2,1-3H3,(H,22,27). The van der Waals surface area contributed by atoms with Crippen LogP contribution in [0.1, 0.15) is 37.0 Å². The zero-order chi connectivity index (χ0) is 20.6. The number of hydrogen-bond donors (Lipinski definition) is 1. The molecule has 0 atom stereocenters. The average molecular weight is 402 g/mol. The summed E-state index contributed by atoms with van der Waals surface area (Å²) in [4.78, 5) is 21.0. The molecule has 1 aromatic carbocycles. The van der Waals surface area contributed by atoms with E-state index < -0.39 is 0 Å². The van der Waals surface area contributed by atoms with Gasteiger partial charge in [0, 0.05) is 32.1 Å². The molecule has 1 saturated heterocycles. The number of piperazine rings is 1. The fourth-order valence-corrected chi connectivity index (χ4v) is 3.19. The molecular formula is C21H31N5O3. The van der Waals surface area contributed by atoms with Crippen LogP contribution in [0.5, 0.6) is 5.75 Å². The van der Waals surface area contributed by atoms with Crippen molar-refractivity contribution in [1.29, 1.82) is 0 Å². The highest BCUT2D eigenvalue weighted by Gasteiger charge is 2.21. The molecular weight excluding hydrogens is 370 g/mol. The number of benzene rings is 1. The van der Waals surface area contributed by atoms with Crippen molar-refractivity contribution in [2.75, 3.05) is 45.9 Å². The van der Waals surface area contributed by atoms with Gasteiger partial charge in [0.2, 0.25) is 11.8 Å². The maximum Gasteiger partial charge on any atom is 0.240 e. The minimum Gasteiger partial charge on any atom is -0.492 e. The van der Waals surface area contributed by atoms with Gasteiger partial charge in [-0.05, 0) is 24.6 Å². The monoisotopic (exact) mass is 401 g/mol. The second kappa shape index (κ2) is 10.4. The first-order valence-electron chi connectivity index (χ1n) is 10.2. The SMILES string of the molecule is Cc1cccc(OCCNC(=O)CN2CCN(Cc3nc(C(C)C)no3)CC2)c1. The van der Waals surface area contributed by atoms with Gasteiger partial charge in [-0.15, -0.1) is 0 Å². The van der Waals surface area contributed by atoms with Crippen LogP contribution in [-0.2, 0) is 11.3 Å². The average Bonchev–Trinajstić information content (AvgIpc) is 3.16. The van der Waals surface area contributed by atoms with E-state index in [1.165, 1.54) is 0 Å². The third-order valence-corrected chi connectivity index (χ3v) is 4.87. The van der Waals surface area contributed by atoms with Crippen molar-refractivity contribution in [3.8, 4) is 5.75 Å². The molecule has 2 heterocycles. The van der Waals surface area contributed by atoms with Gasteiger partial charge in [-0.2, -0.15) is 4.98 Å². The summed E-state index contributed by atoms with van der Waals surface area (Å²) in [5, 5.41) is 6.93. The Morgan fingerprint density at radius 3 is 2.69 bits per heavy atom. The minimum absolute atomic E-state index is 0.0322. The van der Waals surface area contributed by atoms with Gasteiger partial charge in [-0.25, -0.2) is 0 Å². The summed E-state index contributed by atoms with van der Waals surface area (Å²) in [6.45, 7) is 11.6. The molecule has 1 aromatic heterocycles. The summed E-state index contributed by atoms with van der Waals surface area (Å²) in [6, 6.07) is 7.90. The van der Waals surface area contributed by atoms with Crippen molar-refractivity contribution in [3.63, 3.8) is 0 Å². The lowest BCUT2D eigenvalue weighted by atomic mass is 10.2. The maximum absolute atomic E-state index is 12.2. The van der Waals surface area contributed by atoms with E-state index in [1.54, 1.807) is 0 Å². The van der Waals surface area contributed by atoms with E-state index in [0.717, 1.165) is 43.3 Å². The van der Waals surface area contributed by atoms with Gasteiger partial charge in [0.05, 0.1) is 19.6 Å². The van der Waals surface area contributed by atoms with Crippen molar-refractivity contribution in [1.82, 2.24) is 25.3 Å². The summed E-state index contributed by atoms with van der Waals surface area (Å²) in [6.07, 6.45) is 0. The van der Waals surface area contributed by atoms with Crippen molar-refractivity contribution in [2.24, 2.45) is 0 Å². The topological polar surface area (TPSA) is 83.7 Å². The van der Waals surface area contributed by atoms with Gasteiger partial charge in [0.1, 0.15) is 12.4 Å². The molecule has 0 saturated carbocycles. The molecule has 2 aromatic rings. The molecule has 1 amide bonds. The van der Waals surface area contributed by atoms with Crippen molar-refractivity contribution in [3.05, 3.63) is 41.5 Å². The van der Waals surface area contributed by atoms with E-state index in [1.807, 2.05) is 45.0 Å². The summed E-state index contributed by atoms with van der Waals surface area (Å²) in [7, 11) is 0. The normalized spacial score (nSPS) is 15.6. The second-order valence-electron chi connectivity index (χ2n) is 7.77. The molecule has 0 aliphatic carbocycles. The quantitative estimate of drug-likeness (QED) is 0.642. The molecule has 0 bridgehead atoms. The fraction of sp³-hybridized carbons (Fsp3) is 0.571. The van der Waals surface area contributed by atoms with Crippen LogP contribution in [-0.4, -0.2) is 71.7 Å². The van der Waals surface area contributed by atoms with E-state index in [0.29, 0.717) is 32.1 Å². The summed E-state index contributed by atoms with van der Waals surface area (Å²) >= 11 is 0. The first kappa shape index (κ1) is 21.3. The van der Waals surface area contributed by atoms with Crippen molar-refractivity contribution in [2.45, 2.75) is 33.2 Å². The van der Waals surface area contributed by atoms with Crippen molar-refractivity contribution < 1.29 is 14.1 Å². The van der Waals surface area contributed by atoms with Crippen LogP contribution in [0.15, 0.2) is 28.8 Å². The number of carbonyl (C=O) groups excluding carboxylic acids is 1. The molecule has 158 valence electrons. The molecule has 1 aliphatic rings. The van der Waals surface area contributed by atoms with Gasteiger partial charge >= 0.3 is 0 Å². The highest BCUT2D eigenvalue weighted by Crippen LogP contribution is 2.13. The summed E-state index contributed by atoms with van der Waals surface area (Å²) in [5.41, 5.74) is 1.16. The molecule has 1 aliphatic heterocycles. The highest BCUT2D eigenvalue weighted by atomic mass is 16.5. The van der Waals surface area contributed by atoms with E-state index in [9.17, 15) is 4.79 Å². The second-order valence-corrected chi connectivity index (χ2v) is 7.77. The zero-order valence-electron chi connectivity index (χ0n) is 17.6. The number of ether oxygens (including phenoxy) is 1. The highest BCUT2D eigenvalue weighted by molar-refractivity contribution is 5.78. The largest absolute Gasteiger partial charge is 0.492 e. The Morgan fingerprint density at radius 1 is 1.24 bits per heavy atom. The summed E-state index contributed by atoms with van der Waals surface area (Å²) < 4.78 is 11.0. The van der Waals surface area contributed by atoms with Crippen LogP contribution in [0.25, 0.3) is 0 Å². The molecule has 8 heteroatoms. The van der Waals surface area contributed by atoms with E-state index in [-0.39, 0.29) is 11.8 Å². The Bertz CT molecular complexity index is 784. The number of carbonyl (C=O) groups is 1. The lowest BCUT2D eigenvalue weighted by Crippen LogP contribution is -2.49. The zero-order valence-corrected chi connectivity index (χ0v) is 17.6. The van der Waals surface area contributed by atoms with E-state index in [2.05, 4.69) is 25.3 Å². The Balaban J connectivity index is 1.30. The number of aryl methyl sites for hydroxylation is 1. The van der Waals surface area contributed by atoms with Crippen molar-refractivity contribution >= 4 is 5.91 Å². The molecule has 0 spiro atoms. The smallest absolute Gasteiger partial charge is 0.240 e. The number of nitrogens with one attached hydrogen (secondary N) is 1. The third-order valence-electron chi connectivity index (χ3n) is 4.87. The lowest BCUT2D eigenvalue weighted by molar-refractivity contribution is -0.122. The minimum atomic E-state index is 0.0322. The number of aromatic nitrogens is 2. The molecule has 8 nitrogen and oxygen atoms in total. The Morgan fingerprint density at radius 2 is 2.00 bits per heavy atom. The van der Waals surface area contributed by atoms with Crippen LogP contribution in [0.3, 0.4) is 0 Å². The van der Waals surface area contributed by atoms with Gasteiger partial charge in [0.15, 0.2) is 5.82 Å². The number of amides is 1. The van der Waals surface area contributed by atoms with Gasteiger partial charge in [-0.1, -0.05) is 31.1 Å². The van der Waals surface area contributed by atoms with Crippen LogP contribution >= 0.6 is 0 Å². The fourth-order valence-electron chi connectivity index (χ4n) is 3.19. The molecule has 3 rings (SSSR count). The first-order valence-corrected chi connectivity index (χ1v) is 10.2. The van der Waals surface area contributed by atoms with E-state index in [4.69, 9.17) is 9.26 Å². The predicted octanol–water partition coefficient (Wildman–Crippen LogP) is 1.81. The Hall–Kier alpha value is -2.45. The first-order chi connectivity index (χ1) is 14.0. The van der Waals surface area contributed by atoms with Gasteiger partial charge < -0.3 is 14.6 Å². The van der Waals surface area contributed by atoms with Crippen LogP contribution in [0.2, 0.25) is 0 Å². The predicted molar refractivity (Wildman–Crippen MR) is 110 cm³/mol. The molecule has 0 unspecified atom stereocenters. The number of rotatable bonds is 9. The summed E-state index contributed by atoms with van der Waals surface area (Å²) in [5.74, 6) is 2.54. The number of hydrogen-bond acceptors (Lipinski definition) is 7. The molecule has 1 fully saturated rings. The Labute approximate surface area is 172 Å². The van der Waals surface area contributed by atoms with Crippen LogP contribution in [0, 0.1) is 6.92 Å².